The highest BCUT2D eigenvalue weighted by Gasteiger charge is 2.51. The molecule has 4 bridgehead atoms. The fourth-order valence-corrected chi connectivity index (χ4v) is 5.50. The topological polar surface area (TPSA) is 83.0 Å². The molecule has 4 fully saturated rings. The lowest BCUT2D eigenvalue weighted by molar-refractivity contribution is -0.0135. The fourth-order valence-electron chi connectivity index (χ4n) is 5.50. The van der Waals surface area contributed by atoms with Crippen molar-refractivity contribution >= 4 is 12.2 Å². The number of hydrogen-bond acceptors (Lipinski definition) is 4. The van der Waals surface area contributed by atoms with Crippen molar-refractivity contribution in [2.45, 2.75) is 44.1 Å². The van der Waals surface area contributed by atoms with Gasteiger partial charge in [0.2, 0.25) is 0 Å². The number of rotatable bonds is 4. The fraction of sp³-hybridized carbons (Fsp3) is 0.579. The van der Waals surface area contributed by atoms with Crippen LogP contribution < -0.4 is 15.5 Å². The maximum absolute atomic E-state index is 12.3. The van der Waals surface area contributed by atoms with Crippen molar-refractivity contribution in [2.24, 2.45) is 22.9 Å². The highest BCUT2D eigenvalue weighted by Crippen LogP contribution is 2.55. The van der Waals surface area contributed by atoms with E-state index in [1.54, 1.807) is 18.2 Å². The average Bonchev–Trinajstić information content (AvgIpc) is 2.54. The zero-order valence-corrected chi connectivity index (χ0v) is 14.5. The molecule has 4 saturated carbocycles. The summed E-state index contributed by atoms with van der Waals surface area (Å²) >= 11 is 0. The molecular weight excluding hydrogens is 318 g/mol. The van der Waals surface area contributed by atoms with Gasteiger partial charge in [-0.15, -0.1) is 0 Å². The Labute approximate surface area is 147 Å². The second-order valence-corrected chi connectivity index (χ2v) is 7.92. The molecule has 0 aromatic heterocycles. The van der Waals surface area contributed by atoms with Crippen LogP contribution >= 0.6 is 0 Å². The minimum Gasteiger partial charge on any atom is -0.504 e. The van der Waals surface area contributed by atoms with Crippen LogP contribution in [0.2, 0.25) is 0 Å². The van der Waals surface area contributed by atoms with Gasteiger partial charge in [0, 0.05) is 11.1 Å². The van der Waals surface area contributed by atoms with E-state index in [2.05, 4.69) is 15.8 Å². The third-order valence-electron chi connectivity index (χ3n) is 6.04. The summed E-state index contributed by atoms with van der Waals surface area (Å²) in [6.07, 6.45) is 8.77. The van der Waals surface area contributed by atoms with E-state index in [9.17, 15) is 9.90 Å². The van der Waals surface area contributed by atoms with E-state index in [1.807, 2.05) is 0 Å². The molecule has 0 saturated heterocycles. The molecule has 1 aromatic carbocycles. The zero-order chi connectivity index (χ0) is 17.4. The number of carbonyl (C=O) groups excluding carboxylic acids is 1. The van der Waals surface area contributed by atoms with Crippen molar-refractivity contribution in [1.82, 2.24) is 10.7 Å². The van der Waals surface area contributed by atoms with Crippen molar-refractivity contribution in [3.8, 4) is 11.5 Å². The van der Waals surface area contributed by atoms with Gasteiger partial charge in [-0.2, -0.15) is 5.10 Å². The predicted molar refractivity (Wildman–Crippen MR) is 94.8 cm³/mol. The molecule has 6 heteroatoms. The summed E-state index contributed by atoms with van der Waals surface area (Å²) in [6, 6.07) is 4.87. The number of hydrazone groups is 1. The van der Waals surface area contributed by atoms with Crippen molar-refractivity contribution < 1.29 is 14.6 Å². The largest absolute Gasteiger partial charge is 0.504 e. The molecule has 5 rings (SSSR count). The first-order valence-corrected chi connectivity index (χ1v) is 9.04. The van der Waals surface area contributed by atoms with Gasteiger partial charge in [0.25, 0.3) is 0 Å². The summed E-state index contributed by atoms with van der Waals surface area (Å²) in [5.74, 6) is 2.73. The summed E-state index contributed by atoms with van der Waals surface area (Å²) in [7, 11) is 1.49. The monoisotopic (exact) mass is 343 g/mol. The maximum atomic E-state index is 12.3. The van der Waals surface area contributed by atoms with Crippen LogP contribution in [0.5, 0.6) is 11.5 Å². The molecule has 0 aliphatic heterocycles. The van der Waals surface area contributed by atoms with Crippen LogP contribution in [0.25, 0.3) is 0 Å². The molecule has 0 heterocycles. The number of nitrogens with one attached hydrogen (secondary N) is 2. The number of carbonyl (C=O) groups is 1. The number of amides is 2. The summed E-state index contributed by atoms with van der Waals surface area (Å²) in [4.78, 5) is 12.3. The molecule has 1 aromatic rings. The maximum Gasteiger partial charge on any atom is 0.335 e. The lowest BCUT2D eigenvalue weighted by Crippen LogP contribution is -2.61. The van der Waals surface area contributed by atoms with Crippen molar-refractivity contribution in [3.05, 3.63) is 23.8 Å². The zero-order valence-electron chi connectivity index (χ0n) is 14.5. The van der Waals surface area contributed by atoms with Crippen LogP contribution in [0.3, 0.4) is 0 Å². The number of nitrogens with zero attached hydrogens (tertiary/aromatic N) is 1. The lowest BCUT2D eigenvalue weighted by Gasteiger charge is -2.56. The minimum absolute atomic E-state index is 0.0112. The highest BCUT2D eigenvalue weighted by molar-refractivity contribution is 5.86. The van der Waals surface area contributed by atoms with Gasteiger partial charge in [0.15, 0.2) is 11.5 Å². The first-order chi connectivity index (χ1) is 12.1. The van der Waals surface area contributed by atoms with E-state index in [0.717, 1.165) is 37.0 Å². The molecule has 4 aliphatic rings. The van der Waals surface area contributed by atoms with Gasteiger partial charge in [-0.05, 0) is 68.4 Å². The first kappa shape index (κ1) is 16.2. The molecule has 25 heavy (non-hydrogen) atoms. The first-order valence-electron chi connectivity index (χ1n) is 9.04. The number of benzene rings is 1. The molecule has 0 atom stereocenters. The van der Waals surface area contributed by atoms with E-state index in [0.29, 0.717) is 11.3 Å². The number of hydrogen-bond donors (Lipinski definition) is 3. The Balaban J connectivity index is 1.37. The lowest BCUT2D eigenvalue weighted by atomic mass is 9.53. The minimum atomic E-state index is -0.263. The van der Waals surface area contributed by atoms with Gasteiger partial charge < -0.3 is 15.2 Å². The normalized spacial score (nSPS) is 32.8. The molecule has 6 nitrogen and oxygen atoms in total. The molecule has 134 valence electrons. The predicted octanol–water partition coefficient (Wildman–Crippen LogP) is 3.00. The second kappa shape index (κ2) is 6.24. The van der Waals surface area contributed by atoms with E-state index in [1.165, 1.54) is 32.6 Å². The summed E-state index contributed by atoms with van der Waals surface area (Å²) in [5, 5.41) is 17.2. The van der Waals surface area contributed by atoms with Crippen molar-refractivity contribution in [2.75, 3.05) is 7.11 Å². The molecule has 0 radical (unpaired) electrons. The second-order valence-electron chi connectivity index (χ2n) is 7.92. The number of para-hydroxylation sites is 1. The number of ether oxygens (including phenoxy) is 1. The highest BCUT2D eigenvalue weighted by atomic mass is 16.5. The van der Waals surface area contributed by atoms with Gasteiger partial charge in [0.1, 0.15) is 0 Å². The van der Waals surface area contributed by atoms with Gasteiger partial charge in [-0.25, -0.2) is 10.2 Å². The Morgan fingerprint density at radius 3 is 2.48 bits per heavy atom. The number of urea groups is 1. The number of phenols is 1. The molecular formula is C19H25N3O3. The Morgan fingerprint density at radius 2 is 1.88 bits per heavy atom. The third kappa shape index (κ3) is 3.17. The summed E-state index contributed by atoms with van der Waals surface area (Å²) < 4.78 is 5.06. The Hall–Kier alpha value is -2.24. The third-order valence-corrected chi connectivity index (χ3v) is 6.04. The summed E-state index contributed by atoms with van der Waals surface area (Å²) in [6.45, 7) is 0. The van der Waals surface area contributed by atoms with Gasteiger partial charge in [-0.3, -0.25) is 0 Å². The van der Waals surface area contributed by atoms with Crippen LogP contribution in [-0.4, -0.2) is 30.0 Å². The average molecular weight is 343 g/mol. The standard InChI is InChI=1S/C19H25N3O3/c1-25-16-4-2-3-15(17(16)23)11-20-22-18(24)21-19-8-12-5-13(9-19)7-14(6-12)10-19/h2-4,11-14,23H,5-10H2,1H3,(H2,21,22,24)/b20-11+. The smallest absolute Gasteiger partial charge is 0.335 e. The van der Waals surface area contributed by atoms with Crippen LogP contribution in [0, 0.1) is 17.8 Å². The summed E-state index contributed by atoms with van der Waals surface area (Å²) in [5.41, 5.74) is 3.00. The SMILES string of the molecule is COc1cccc(/C=N/NC(=O)NC23CC4CC(CC(C4)C2)C3)c1O. The van der Waals surface area contributed by atoms with Crippen LogP contribution in [0.1, 0.15) is 44.1 Å². The molecule has 0 unspecified atom stereocenters. The van der Waals surface area contributed by atoms with Crippen molar-refractivity contribution in [1.29, 1.82) is 0 Å². The Morgan fingerprint density at radius 1 is 1.24 bits per heavy atom. The van der Waals surface area contributed by atoms with Crippen LogP contribution in [0.4, 0.5) is 4.79 Å². The van der Waals surface area contributed by atoms with Crippen LogP contribution in [-0.2, 0) is 0 Å². The van der Waals surface area contributed by atoms with Gasteiger partial charge in [-0.1, -0.05) is 6.07 Å². The number of methoxy groups -OCH3 is 1. The molecule has 3 N–H and O–H groups in total. The molecule has 2 amide bonds. The molecule has 0 spiro atoms. The van der Waals surface area contributed by atoms with Crippen molar-refractivity contribution in [3.63, 3.8) is 0 Å². The number of phenolic OH excluding ortho intramolecular Hbond substituents is 1. The number of aromatic hydroxyl groups is 1. The van der Waals surface area contributed by atoms with E-state index in [4.69, 9.17) is 4.74 Å². The van der Waals surface area contributed by atoms with Gasteiger partial charge in [0.05, 0.1) is 13.3 Å². The quantitative estimate of drug-likeness (QED) is 0.580. The Bertz CT molecular complexity index is 666. The van der Waals surface area contributed by atoms with E-state index < -0.39 is 0 Å². The molecule has 4 aliphatic carbocycles. The van der Waals surface area contributed by atoms with Crippen LogP contribution in [0.15, 0.2) is 23.3 Å². The van der Waals surface area contributed by atoms with Gasteiger partial charge >= 0.3 is 6.03 Å². The van der Waals surface area contributed by atoms with E-state index in [-0.39, 0.29) is 17.3 Å². The Kier molecular flexibility index (Phi) is 4.06. The van der Waals surface area contributed by atoms with E-state index >= 15 is 0 Å².